The Kier molecular flexibility index (Phi) is 2.08. The maximum Gasteiger partial charge on any atom is 0.0245 e. The van der Waals surface area contributed by atoms with Crippen molar-refractivity contribution in [2.75, 3.05) is 20.1 Å². The minimum absolute atomic E-state index is 1.01. The van der Waals surface area contributed by atoms with Gasteiger partial charge < -0.3 is 10.3 Å². The summed E-state index contributed by atoms with van der Waals surface area (Å²) in [6.45, 7) is 2.12. The minimum Gasteiger partial charge on any atom is -0.328 e. The molecule has 1 heterocycles. The van der Waals surface area contributed by atoms with Crippen LogP contribution in [0.1, 0.15) is 6.42 Å². The van der Waals surface area contributed by atoms with E-state index >= 15 is 0 Å². The SMILES string of the molecule is CN1CC=C(NN)CC1. The molecule has 1 rings (SSSR count). The number of nitrogens with one attached hydrogen (secondary N) is 1. The van der Waals surface area contributed by atoms with Crippen LogP contribution < -0.4 is 11.3 Å². The molecule has 52 valence electrons. The lowest BCUT2D eigenvalue weighted by atomic mass is 10.2. The molecule has 0 radical (unpaired) electrons. The summed E-state index contributed by atoms with van der Waals surface area (Å²) < 4.78 is 0. The summed E-state index contributed by atoms with van der Waals surface area (Å²) in [5.41, 5.74) is 3.82. The number of nitrogens with zero attached hydrogens (tertiary/aromatic N) is 1. The van der Waals surface area contributed by atoms with Gasteiger partial charge in [0.15, 0.2) is 0 Å². The van der Waals surface area contributed by atoms with Crippen LogP contribution in [0.4, 0.5) is 0 Å². The molecule has 3 N–H and O–H groups in total. The van der Waals surface area contributed by atoms with E-state index in [1.807, 2.05) is 0 Å². The maximum atomic E-state index is 5.21. The number of nitrogens with two attached hydrogens (primary N) is 1. The fraction of sp³-hybridized carbons (Fsp3) is 0.667. The molecule has 0 unspecified atom stereocenters. The number of hydrogen-bond acceptors (Lipinski definition) is 3. The molecule has 0 aromatic heterocycles. The molecule has 0 saturated carbocycles. The second kappa shape index (κ2) is 2.85. The van der Waals surface area contributed by atoms with E-state index in [9.17, 15) is 0 Å². The van der Waals surface area contributed by atoms with Gasteiger partial charge in [0.05, 0.1) is 0 Å². The summed E-state index contributed by atoms with van der Waals surface area (Å²) in [6.07, 6.45) is 3.16. The van der Waals surface area contributed by atoms with Gasteiger partial charge in [0.1, 0.15) is 0 Å². The van der Waals surface area contributed by atoms with Gasteiger partial charge in [-0.2, -0.15) is 0 Å². The van der Waals surface area contributed by atoms with Gasteiger partial charge in [-0.25, -0.2) is 0 Å². The predicted octanol–water partition coefficient (Wildman–Crippen LogP) is -0.331. The van der Waals surface area contributed by atoms with E-state index in [1.165, 1.54) is 0 Å². The molecule has 3 heteroatoms. The highest BCUT2D eigenvalue weighted by Crippen LogP contribution is 2.03. The van der Waals surface area contributed by atoms with Gasteiger partial charge in [-0.3, -0.25) is 5.84 Å². The van der Waals surface area contributed by atoms with Crippen LogP contribution in [0.5, 0.6) is 0 Å². The fourth-order valence-corrected chi connectivity index (χ4v) is 0.902. The first-order chi connectivity index (χ1) is 4.33. The van der Waals surface area contributed by atoms with Gasteiger partial charge in [0.2, 0.25) is 0 Å². The standard InChI is InChI=1S/C6H13N3/c1-9-4-2-6(8-7)3-5-9/h2,8H,3-5,7H2,1H3. The van der Waals surface area contributed by atoms with Crippen LogP contribution >= 0.6 is 0 Å². The summed E-state index contributed by atoms with van der Waals surface area (Å²) >= 11 is 0. The van der Waals surface area contributed by atoms with Crippen LogP contribution in [-0.4, -0.2) is 25.0 Å². The molecule has 0 aromatic carbocycles. The largest absolute Gasteiger partial charge is 0.328 e. The lowest BCUT2D eigenvalue weighted by Gasteiger charge is -2.20. The smallest absolute Gasteiger partial charge is 0.0245 e. The summed E-state index contributed by atoms with van der Waals surface area (Å²) in [5.74, 6) is 5.21. The summed E-state index contributed by atoms with van der Waals surface area (Å²) in [6, 6.07) is 0. The molecule has 0 aromatic rings. The van der Waals surface area contributed by atoms with Crippen LogP contribution in [0.15, 0.2) is 11.8 Å². The third kappa shape index (κ3) is 1.69. The van der Waals surface area contributed by atoms with Crippen LogP contribution in [0.3, 0.4) is 0 Å². The Bertz CT molecular complexity index is 119. The Balaban J connectivity index is 2.40. The van der Waals surface area contributed by atoms with Crippen molar-refractivity contribution < 1.29 is 0 Å². The Morgan fingerprint density at radius 2 is 2.56 bits per heavy atom. The van der Waals surface area contributed by atoms with Gasteiger partial charge in [-0.05, 0) is 7.05 Å². The zero-order valence-electron chi connectivity index (χ0n) is 5.72. The highest BCUT2D eigenvalue weighted by molar-refractivity contribution is 5.03. The average Bonchev–Trinajstić information content (AvgIpc) is 1.90. The van der Waals surface area contributed by atoms with Crippen LogP contribution in [0.25, 0.3) is 0 Å². The number of rotatable bonds is 1. The highest BCUT2D eigenvalue weighted by atomic mass is 15.2. The highest BCUT2D eigenvalue weighted by Gasteiger charge is 2.04. The average molecular weight is 127 g/mol. The third-order valence-electron chi connectivity index (χ3n) is 1.60. The van der Waals surface area contributed by atoms with Crippen molar-refractivity contribution in [3.8, 4) is 0 Å². The van der Waals surface area contributed by atoms with E-state index in [2.05, 4.69) is 23.4 Å². The van der Waals surface area contributed by atoms with E-state index in [0.29, 0.717) is 0 Å². The van der Waals surface area contributed by atoms with Crippen LogP contribution in [-0.2, 0) is 0 Å². The van der Waals surface area contributed by atoms with Gasteiger partial charge in [0, 0.05) is 25.2 Å². The van der Waals surface area contributed by atoms with E-state index in [4.69, 9.17) is 5.84 Å². The molecule has 0 fully saturated rings. The second-order valence-electron chi connectivity index (χ2n) is 2.39. The Morgan fingerprint density at radius 1 is 1.78 bits per heavy atom. The second-order valence-corrected chi connectivity index (χ2v) is 2.39. The van der Waals surface area contributed by atoms with E-state index < -0.39 is 0 Å². The van der Waals surface area contributed by atoms with Crippen molar-refractivity contribution in [2.45, 2.75) is 6.42 Å². The monoisotopic (exact) mass is 127 g/mol. The Morgan fingerprint density at radius 3 is 3.00 bits per heavy atom. The quantitative estimate of drug-likeness (QED) is 0.374. The molecular weight excluding hydrogens is 114 g/mol. The van der Waals surface area contributed by atoms with Gasteiger partial charge in [0.25, 0.3) is 0 Å². The topological polar surface area (TPSA) is 41.3 Å². The van der Waals surface area contributed by atoms with Crippen molar-refractivity contribution in [1.82, 2.24) is 10.3 Å². The molecule has 9 heavy (non-hydrogen) atoms. The van der Waals surface area contributed by atoms with Crippen molar-refractivity contribution in [2.24, 2.45) is 5.84 Å². The van der Waals surface area contributed by atoms with E-state index in [-0.39, 0.29) is 0 Å². The van der Waals surface area contributed by atoms with Gasteiger partial charge in [-0.15, -0.1) is 0 Å². The lowest BCUT2D eigenvalue weighted by molar-refractivity contribution is 0.353. The lowest BCUT2D eigenvalue weighted by Crippen LogP contribution is -2.31. The third-order valence-corrected chi connectivity index (χ3v) is 1.60. The van der Waals surface area contributed by atoms with Crippen molar-refractivity contribution in [1.29, 1.82) is 0 Å². The molecule has 0 spiro atoms. The predicted molar refractivity (Wildman–Crippen MR) is 37.5 cm³/mol. The van der Waals surface area contributed by atoms with E-state index in [0.717, 1.165) is 25.2 Å². The number of hydrogen-bond donors (Lipinski definition) is 2. The molecule has 0 amide bonds. The van der Waals surface area contributed by atoms with Crippen molar-refractivity contribution in [3.63, 3.8) is 0 Å². The summed E-state index contributed by atoms with van der Waals surface area (Å²) in [5, 5.41) is 0. The van der Waals surface area contributed by atoms with Gasteiger partial charge >= 0.3 is 0 Å². The first-order valence-corrected chi connectivity index (χ1v) is 3.17. The normalized spacial score (nSPS) is 21.3. The fourth-order valence-electron chi connectivity index (χ4n) is 0.902. The summed E-state index contributed by atoms with van der Waals surface area (Å²) in [7, 11) is 2.10. The van der Waals surface area contributed by atoms with Gasteiger partial charge in [-0.1, -0.05) is 6.08 Å². The molecule has 1 aliphatic heterocycles. The van der Waals surface area contributed by atoms with Crippen LogP contribution in [0, 0.1) is 0 Å². The van der Waals surface area contributed by atoms with Crippen LogP contribution in [0.2, 0.25) is 0 Å². The molecule has 0 aliphatic carbocycles. The molecule has 3 nitrogen and oxygen atoms in total. The first-order valence-electron chi connectivity index (χ1n) is 3.17. The van der Waals surface area contributed by atoms with Crippen molar-refractivity contribution in [3.05, 3.63) is 11.8 Å². The molecule has 0 saturated heterocycles. The molecule has 1 aliphatic rings. The number of likely N-dealkylation sites (N-methyl/N-ethyl adjacent to an activating group) is 1. The maximum absolute atomic E-state index is 5.21. The Labute approximate surface area is 55.5 Å². The molecule has 0 atom stereocenters. The zero-order valence-corrected chi connectivity index (χ0v) is 5.72. The zero-order chi connectivity index (χ0) is 6.69. The molecular formula is C6H13N3. The Hall–Kier alpha value is -0.540. The minimum atomic E-state index is 1.01. The first kappa shape index (κ1) is 6.58. The van der Waals surface area contributed by atoms with Crippen molar-refractivity contribution >= 4 is 0 Å². The molecule has 0 bridgehead atoms. The summed E-state index contributed by atoms with van der Waals surface area (Å²) in [4.78, 5) is 2.25. The van der Waals surface area contributed by atoms with E-state index in [1.54, 1.807) is 0 Å². The number of hydrazine groups is 1.